The highest BCUT2D eigenvalue weighted by Gasteiger charge is 2.06. The second kappa shape index (κ2) is 4.90. The van der Waals surface area contributed by atoms with Gasteiger partial charge in [-0.25, -0.2) is 0 Å². The summed E-state index contributed by atoms with van der Waals surface area (Å²) in [5, 5.41) is 4.47. The van der Waals surface area contributed by atoms with E-state index < -0.39 is 0 Å². The maximum atomic E-state index is 10.2. The molecule has 0 atom stereocenters. The Kier molecular flexibility index (Phi) is 3.31. The van der Waals surface area contributed by atoms with Crippen molar-refractivity contribution in [1.82, 2.24) is 10.1 Å². The zero-order valence-corrected chi connectivity index (χ0v) is 9.15. The van der Waals surface area contributed by atoms with Crippen LogP contribution in [0.5, 0.6) is 0 Å². The number of aromatic nitrogens is 2. The van der Waals surface area contributed by atoms with Crippen LogP contribution in [0.2, 0.25) is 5.02 Å². The molecule has 0 N–H and O–H groups in total. The molecule has 16 heavy (non-hydrogen) atoms. The van der Waals surface area contributed by atoms with Crippen molar-refractivity contribution < 1.29 is 9.32 Å². The average Bonchev–Trinajstić information content (AvgIpc) is 2.70. The molecule has 1 aromatic carbocycles. The monoisotopic (exact) mass is 236 g/mol. The fourth-order valence-electron chi connectivity index (χ4n) is 1.30. The Hall–Kier alpha value is -1.68. The smallest absolute Gasteiger partial charge is 0.233 e. The SMILES string of the molecule is O=CCc1nc(Cc2ccc(Cl)cc2)no1. The summed E-state index contributed by atoms with van der Waals surface area (Å²) in [6.07, 6.45) is 1.47. The Labute approximate surface area is 97.2 Å². The number of carbonyl (C=O) groups excluding carboxylic acids is 1. The summed E-state index contributed by atoms with van der Waals surface area (Å²) in [5.74, 6) is 0.915. The lowest BCUT2D eigenvalue weighted by Gasteiger charge is -1.95. The van der Waals surface area contributed by atoms with Crippen LogP contribution in [0.1, 0.15) is 17.3 Å². The van der Waals surface area contributed by atoms with Crippen LogP contribution >= 0.6 is 11.6 Å². The Balaban J connectivity index is 2.08. The molecule has 82 valence electrons. The highest BCUT2D eigenvalue weighted by atomic mass is 35.5. The van der Waals surface area contributed by atoms with Gasteiger partial charge in [0.2, 0.25) is 5.89 Å². The molecule has 1 aromatic heterocycles. The molecule has 2 rings (SSSR count). The number of hydrogen-bond acceptors (Lipinski definition) is 4. The summed E-state index contributed by atoms with van der Waals surface area (Å²) in [5.41, 5.74) is 1.04. The molecule has 4 nitrogen and oxygen atoms in total. The molecule has 0 saturated carbocycles. The fourth-order valence-corrected chi connectivity index (χ4v) is 1.43. The van der Waals surface area contributed by atoms with Gasteiger partial charge in [-0.15, -0.1) is 0 Å². The third-order valence-electron chi connectivity index (χ3n) is 2.04. The molecular formula is C11H9ClN2O2. The van der Waals surface area contributed by atoms with Crippen LogP contribution in [0.4, 0.5) is 0 Å². The molecule has 0 unspecified atom stereocenters. The van der Waals surface area contributed by atoms with Crippen LogP contribution in [0.25, 0.3) is 0 Å². The van der Waals surface area contributed by atoms with E-state index in [9.17, 15) is 4.79 Å². The Morgan fingerprint density at radius 1 is 1.31 bits per heavy atom. The molecule has 0 aliphatic heterocycles. The topological polar surface area (TPSA) is 56.0 Å². The van der Waals surface area contributed by atoms with Crippen molar-refractivity contribution in [2.45, 2.75) is 12.8 Å². The Morgan fingerprint density at radius 3 is 2.75 bits per heavy atom. The van der Waals surface area contributed by atoms with Gasteiger partial charge in [0.15, 0.2) is 5.82 Å². The van der Waals surface area contributed by atoms with E-state index >= 15 is 0 Å². The maximum absolute atomic E-state index is 10.2. The van der Waals surface area contributed by atoms with Gasteiger partial charge in [0, 0.05) is 11.4 Å². The molecular weight excluding hydrogens is 228 g/mol. The van der Waals surface area contributed by atoms with E-state index in [0.717, 1.165) is 11.8 Å². The molecule has 0 aliphatic carbocycles. The van der Waals surface area contributed by atoms with Gasteiger partial charge in [-0.2, -0.15) is 4.98 Å². The summed E-state index contributed by atoms with van der Waals surface area (Å²) < 4.78 is 4.88. The minimum atomic E-state index is 0.160. The number of halogens is 1. The zero-order chi connectivity index (χ0) is 11.4. The number of hydrogen-bond donors (Lipinski definition) is 0. The lowest BCUT2D eigenvalue weighted by atomic mass is 10.1. The number of benzene rings is 1. The molecule has 5 heteroatoms. The second-order valence-corrected chi connectivity index (χ2v) is 3.71. The van der Waals surface area contributed by atoms with E-state index in [-0.39, 0.29) is 6.42 Å². The predicted molar refractivity (Wildman–Crippen MR) is 58.3 cm³/mol. The van der Waals surface area contributed by atoms with Crippen LogP contribution in [0.15, 0.2) is 28.8 Å². The fraction of sp³-hybridized carbons (Fsp3) is 0.182. The van der Waals surface area contributed by atoms with E-state index in [4.69, 9.17) is 16.1 Å². The lowest BCUT2D eigenvalue weighted by Crippen LogP contribution is -1.91. The van der Waals surface area contributed by atoms with E-state index in [0.29, 0.717) is 23.2 Å². The van der Waals surface area contributed by atoms with Crippen LogP contribution in [-0.4, -0.2) is 16.4 Å². The van der Waals surface area contributed by atoms with Gasteiger partial charge in [0.05, 0.1) is 6.42 Å². The molecule has 1 heterocycles. The summed E-state index contributed by atoms with van der Waals surface area (Å²) >= 11 is 5.77. The quantitative estimate of drug-likeness (QED) is 0.763. The van der Waals surface area contributed by atoms with Gasteiger partial charge in [0.25, 0.3) is 0 Å². The number of aldehydes is 1. The first-order valence-corrected chi connectivity index (χ1v) is 5.15. The van der Waals surface area contributed by atoms with Gasteiger partial charge in [-0.05, 0) is 17.7 Å². The molecule has 2 aromatic rings. The van der Waals surface area contributed by atoms with Crippen molar-refractivity contribution >= 4 is 17.9 Å². The van der Waals surface area contributed by atoms with Crippen molar-refractivity contribution in [3.05, 3.63) is 46.6 Å². The molecule has 0 radical (unpaired) electrons. The summed E-state index contributed by atoms with van der Waals surface area (Å²) in [4.78, 5) is 14.3. The average molecular weight is 237 g/mol. The minimum Gasteiger partial charge on any atom is -0.339 e. The van der Waals surface area contributed by atoms with E-state index in [2.05, 4.69) is 10.1 Å². The van der Waals surface area contributed by atoms with Gasteiger partial charge in [0.1, 0.15) is 6.29 Å². The van der Waals surface area contributed by atoms with Crippen molar-refractivity contribution in [3.63, 3.8) is 0 Å². The number of nitrogens with zero attached hydrogens (tertiary/aromatic N) is 2. The molecule has 0 spiro atoms. The van der Waals surface area contributed by atoms with Gasteiger partial charge in [-0.1, -0.05) is 28.9 Å². The van der Waals surface area contributed by atoms with Crippen LogP contribution < -0.4 is 0 Å². The molecule has 0 amide bonds. The zero-order valence-electron chi connectivity index (χ0n) is 8.39. The lowest BCUT2D eigenvalue weighted by molar-refractivity contribution is -0.107. The second-order valence-electron chi connectivity index (χ2n) is 3.28. The van der Waals surface area contributed by atoms with E-state index in [1.807, 2.05) is 24.3 Å². The number of carbonyl (C=O) groups is 1. The largest absolute Gasteiger partial charge is 0.339 e. The van der Waals surface area contributed by atoms with E-state index in [1.54, 1.807) is 0 Å². The molecule has 0 aliphatic rings. The third-order valence-corrected chi connectivity index (χ3v) is 2.30. The van der Waals surface area contributed by atoms with Crippen molar-refractivity contribution in [2.24, 2.45) is 0 Å². The van der Waals surface area contributed by atoms with E-state index in [1.165, 1.54) is 0 Å². The summed E-state index contributed by atoms with van der Waals surface area (Å²) in [6, 6.07) is 7.42. The van der Waals surface area contributed by atoms with Crippen molar-refractivity contribution in [3.8, 4) is 0 Å². The molecule has 0 fully saturated rings. The van der Waals surface area contributed by atoms with Gasteiger partial charge < -0.3 is 9.32 Å². The first-order chi connectivity index (χ1) is 7.78. The summed E-state index contributed by atoms with van der Waals surface area (Å²) in [6.45, 7) is 0. The van der Waals surface area contributed by atoms with Crippen LogP contribution in [0.3, 0.4) is 0 Å². The Bertz CT molecular complexity index is 479. The van der Waals surface area contributed by atoms with Crippen LogP contribution in [0, 0.1) is 0 Å². The maximum Gasteiger partial charge on any atom is 0.233 e. The number of rotatable bonds is 4. The van der Waals surface area contributed by atoms with Crippen molar-refractivity contribution in [1.29, 1.82) is 0 Å². The highest BCUT2D eigenvalue weighted by molar-refractivity contribution is 6.30. The highest BCUT2D eigenvalue weighted by Crippen LogP contribution is 2.12. The van der Waals surface area contributed by atoms with Crippen molar-refractivity contribution in [2.75, 3.05) is 0 Å². The standard InChI is InChI=1S/C11H9ClN2O2/c12-9-3-1-8(2-4-9)7-10-13-11(5-6-15)16-14-10/h1-4,6H,5,7H2. The predicted octanol–water partition coefficient (Wildman–Crippen LogP) is 2.06. The third kappa shape index (κ3) is 2.67. The van der Waals surface area contributed by atoms with Crippen LogP contribution in [-0.2, 0) is 17.6 Å². The minimum absolute atomic E-state index is 0.160. The molecule has 0 bridgehead atoms. The summed E-state index contributed by atoms with van der Waals surface area (Å²) in [7, 11) is 0. The van der Waals surface area contributed by atoms with Gasteiger partial charge >= 0.3 is 0 Å². The van der Waals surface area contributed by atoms with Gasteiger partial charge in [-0.3, -0.25) is 0 Å². The Morgan fingerprint density at radius 2 is 2.06 bits per heavy atom. The molecule has 0 saturated heterocycles. The normalized spacial score (nSPS) is 10.3. The first-order valence-electron chi connectivity index (χ1n) is 4.77. The first kappa shape index (κ1) is 10.8.